The largest absolute Gasteiger partial charge is 0.392 e. The van der Waals surface area contributed by atoms with Crippen molar-refractivity contribution < 1.29 is 14.8 Å². The highest BCUT2D eigenvalue weighted by Gasteiger charge is 2.12. The van der Waals surface area contributed by atoms with Crippen LogP contribution in [0, 0.1) is 10.1 Å². The Morgan fingerprint density at radius 3 is 2.73 bits per heavy atom. The number of nitro benzene ring substituents is 1. The van der Waals surface area contributed by atoms with Crippen molar-refractivity contribution in [3.8, 4) is 0 Å². The molecule has 1 aromatic rings. The third-order valence-electron chi connectivity index (χ3n) is 1.79. The molecule has 0 amide bonds. The lowest BCUT2D eigenvalue weighted by Crippen LogP contribution is -1.94. The van der Waals surface area contributed by atoms with E-state index in [1.54, 1.807) is 12.1 Å². The molecule has 0 heterocycles. The molecule has 0 aromatic heterocycles. The van der Waals surface area contributed by atoms with Crippen LogP contribution in [-0.4, -0.2) is 22.9 Å². The van der Waals surface area contributed by atoms with E-state index in [4.69, 9.17) is 5.11 Å². The smallest absolute Gasteiger partial charge is 0.280 e. The van der Waals surface area contributed by atoms with E-state index in [1.807, 2.05) is 0 Å². The number of aliphatic hydroxyl groups excluding tert-OH is 1. The molecule has 0 unspecified atom stereocenters. The number of rotatable bonds is 4. The van der Waals surface area contributed by atoms with Crippen LogP contribution in [0.1, 0.15) is 15.9 Å². The lowest BCUT2D eigenvalue weighted by molar-refractivity contribution is -0.385. The van der Waals surface area contributed by atoms with Gasteiger partial charge in [0.25, 0.3) is 5.69 Å². The number of hydrogen-bond acceptors (Lipinski definition) is 4. The van der Waals surface area contributed by atoms with Crippen LogP contribution < -0.4 is 0 Å². The minimum absolute atomic E-state index is 0.0427. The zero-order valence-electron chi connectivity index (χ0n) is 7.79. The molecular formula is C10H9NO4. The average molecular weight is 207 g/mol. The molecule has 15 heavy (non-hydrogen) atoms. The van der Waals surface area contributed by atoms with Gasteiger partial charge < -0.3 is 5.11 Å². The second kappa shape index (κ2) is 5.02. The standard InChI is InChI=1S/C10H9NO4/c12-5-1-2-8-3-4-9(7-13)10(6-8)11(14)15/h1-4,6-7,12H,5H2. The molecule has 1 aromatic carbocycles. The summed E-state index contributed by atoms with van der Waals surface area (Å²) in [4.78, 5) is 20.5. The molecule has 0 aliphatic heterocycles. The van der Waals surface area contributed by atoms with Crippen LogP contribution in [0.5, 0.6) is 0 Å². The van der Waals surface area contributed by atoms with Crippen molar-refractivity contribution in [1.29, 1.82) is 0 Å². The highest BCUT2D eigenvalue weighted by molar-refractivity contribution is 5.82. The molecule has 0 aliphatic rings. The van der Waals surface area contributed by atoms with Gasteiger partial charge in [0.05, 0.1) is 17.1 Å². The van der Waals surface area contributed by atoms with E-state index in [9.17, 15) is 14.9 Å². The molecule has 0 spiro atoms. The van der Waals surface area contributed by atoms with Gasteiger partial charge in [0.2, 0.25) is 0 Å². The number of aldehydes is 1. The summed E-state index contributed by atoms with van der Waals surface area (Å²) in [6.07, 6.45) is 3.44. The van der Waals surface area contributed by atoms with Crippen LogP contribution in [0.15, 0.2) is 24.3 Å². The lowest BCUT2D eigenvalue weighted by atomic mass is 10.1. The normalized spacial score (nSPS) is 10.5. The van der Waals surface area contributed by atoms with Gasteiger partial charge in [-0.25, -0.2) is 0 Å². The monoisotopic (exact) mass is 207 g/mol. The molecule has 1 N–H and O–H groups in total. The Bertz CT molecular complexity index is 412. The van der Waals surface area contributed by atoms with E-state index in [0.717, 1.165) is 0 Å². The van der Waals surface area contributed by atoms with Gasteiger partial charge in [-0.1, -0.05) is 18.2 Å². The van der Waals surface area contributed by atoms with Crippen molar-refractivity contribution in [3.05, 3.63) is 45.5 Å². The number of aliphatic hydroxyl groups is 1. The summed E-state index contributed by atoms with van der Waals surface area (Å²) in [5.74, 6) is 0. The third kappa shape index (κ3) is 2.72. The zero-order chi connectivity index (χ0) is 11.3. The van der Waals surface area contributed by atoms with Gasteiger partial charge in [-0.2, -0.15) is 0 Å². The van der Waals surface area contributed by atoms with Gasteiger partial charge in [0, 0.05) is 6.07 Å². The molecule has 0 radical (unpaired) electrons. The summed E-state index contributed by atoms with van der Waals surface area (Å²) < 4.78 is 0. The second-order valence-corrected chi connectivity index (χ2v) is 2.78. The van der Waals surface area contributed by atoms with E-state index >= 15 is 0 Å². The van der Waals surface area contributed by atoms with Crippen molar-refractivity contribution in [3.63, 3.8) is 0 Å². The van der Waals surface area contributed by atoms with Crippen molar-refractivity contribution in [2.45, 2.75) is 0 Å². The molecule has 5 heteroatoms. The number of nitro groups is 1. The zero-order valence-corrected chi connectivity index (χ0v) is 7.79. The van der Waals surface area contributed by atoms with Crippen molar-refractivity contribution in [1.82, 2.24) is 0 Å². The molecule has 0 bridgehead atoms. The number of carbonyl (C=O) groups is 1. The molecular weight excluding hydrogens is 198 g/mol. The number of benzene rings is 1. The molecule has 0 saturated carbocycles. The summed E-state index contributed by atoms with van der Waals surface area (Å²) >= 11 is 0. The molecule has 0 aliphatic carbocycles. The highest BCUT2D eigenvalue weighted by atomic mass is 16.6. The summed E-state index contributed by atoms with van der Waals surface area (Å²) in [7, 11) is 0. The molecule has 78 valence electrons. The highest BCUT2D eigenvalue weighted by Crippen LogP contribution is 2.19. The Morgan fingerprint density at radius 2 is 2.20 bits per heavy atom. The van der Waals surface area contributed by atoms with Crippen LogP contribution in [-0.2, 0) is 0 Å². The Hall–Kier alpha value is -2.01. The van der Waals surface area contributed by atoms with Crippen molar-refractivity contribution >= 4 is 18.0 Å². The first-order chi connectivity index (χ1) is 7.19. The summed E-state index contributed by atoms with van der Waals surface area (Å²) in [5.41, 5.74) is 0.382. The fraction of sp³-hybridized carbons (Fsp3) is 0.100. The number of hydrogen-bond donors (Lipinski definition) is 1. The Morgan fingerprint density at radius 1 is 1.47 bits per heavy atom. The molecule has 5 nitrogen and oxygen atoms in total. The quantitative estimate of drug-likeness (QED) is 0.460. The maximum atomic E-state index is 10.6. The van der Waals surface area contributed by atoms with Crippen LogP contribution in [0.3, 0.4) is 0 Å². The minimum Gasteiger partial charge on any atom is -0.392 e. The van der Waals surface area contributed by atoms with E-state index in [0.29, 0.717) is 11.8 Å². The Balaban J connectivity index is 3.15. The first kappa shape index (κ1) is 11.1. The number of carbonyl (C=O) groups excluding carboxylic acids is 1. The third-order valence-corrected chi connectivity index (χ3v) is 1.79. The topological polar surface area (TPSA) is 80.4 Å². The predicted octanol–water partition coefficient (Wildman–Crippen LogP) is 1.41. The van der Waals surface area contributed by atoms with Crippen molar-refractivity contribution in [2.24, 2.45) is 0 Å². The Labute approximate surface area is 85.8 Å². The van der Waals surface area contributed by atoms with Crippen LogP contribution in [0.2, 0.25) is 0 Å². The van der Waals surface area contributed by atoms with E-state index < -0.39 is 4.92 Å². The number of nitrogens with zero attached hydrogens (tertiary/aromatic N) is 1. The van der Waals surface area contributed by atoms with Gasteiger partial charge in [-0.05, 0) is 11.6 Å². The first-order valence-electron chi connectivity index (χ1n) is 4.20. The van der Waals surface area contributed by atoms with E-state index in [-0.39, 0.29) is 17.9 Å². The maximum absolute atomic E-state index is 10.6. The van der Waals surface area contributed by atoms with Crippen molar-refractivity contribution in [2.75, 3.05) is 6.61 Å². The van der Waals surface area contributed by atoms with Gasteiger partial charge in [-0.3, -0.25) is 14.9 Å². The van der Waals surface area contributed by atoms with E-state index in [2.05, 4.69) is 0 Å². The molecule has 0 atom stereocenters. The van der Waals surface area contributed by atoms with Crippen LogP contribution in [0.25, 0.3) is 6.08 Å². The fourth-order valence-corrected chi connectivity index (χ4v) is 1.11. The SMILES string of the molecule is O=Cc1ccc(C=CCO)cc1[N+](=O)[O-]. The average Bonchev–Trinajstić information content (AvgIpc) is 2.25. The van der Waals surface area contributed by atoms with E-state index in [1.165, 1.54) is 18.2 Å². The van der Waals surface area contributed by atoms with Gasteiger partial charge in [0.1, 0.15) is 0 Å². The van der Waals surface area contributed by atoms with Crippen LogP contribution >= 0.6 is 0 Å². The van der Waals surface area contributed by atoms with Crippen LogP contribution in [0.4, 0.5) is 5.69 Å². The van der Waals surface area contributed by atoms with Gasteiger partial charge in [-0.15, -0.1) is 0 Å². The predicted molar refractivity (Wildman–Crippen MR) is 54.6 cm³/mol. The summed E-state index contributed by atoms with van der Waals surface area (Å²) in [5, 5.41) is 19.1. The first-order valence-corrected chi connectivity index (χ1v) is 4.20. The Kier molecular flexibility index (Phi) is 3.70. The molecule has 0 fully saturated rings. The molecule has 1 rings (SSSR count). The lowest BCUT2D eigenvalue weighted by Gasteiger charge is -1.97. The summed E-state index contributed by atoms with van der Waals surface area (Å²) in [6.45, 7) is -0.136. The summed E-state index contributed by atoms with van der Waals surface area (Å²) in [6, 6.07) is 4.24. The fourth-order valence-electron chi connectivity index (χ4n) is 1.11. The van der Waals surface area contributed by atoms with Gasteiger partial charge in [0.15, 0.2) is 6.29 Å². The minimum atomic E-state index is -0.611. The second-order valence-electron chi connectivity index (χ2n) is 2.78. The van der Waals surface area contributed by atoms with Gasteiger partial charge >= 0.3 is 0 Å². The maximum Gasteiger partial charge on any atom is 0.280 e. The molecule has 0 saturated heterocycles.